The highest BCUT2D eigenvalue weighted by molar-refractivity contribution is 8.42. The zero-order valence-electron chi connectivity index (χ0n) is 11.6. The van der Waals surface area contributed by atoms with Crippen LogP contribution in [0.3, 0.4) is 0 Å². The molecule has 1 aliphatic heterocycles. The molecule has 2 rings (SSSR count). The van der Waals surface area contributed by atoms with Crippen LogP contribution in [0.5, 0.6) is 0 Å². The van der Waals surface area contributed by atoms with Gasteiger partial charge >= 0.3 is 6.18 Å². The molecule has 1 aromatic rings. The van der Waals surface area contributed by atoms with E-state index < -0.39 is 27.7 Å². The molecule has 0 bridgehead atoms. The average Bonchev–Trinajstić information content (AvgIpc) is 2.84. The maximum atomic E-state index is 12.6. The van der Waals surface area contributed by atoms with E-state index in [2.05, 4.69) is 11.9 Å². The van der Waals surface area contributed by atoms with Crippen molar-refractivity contribution in [1.82, 2.24) is 5.32 Å². The molecule has 4 nitrogen and oxygen atoms in total. The summed E-state index contributed by atoms with van der Waals surface area (Å²) in [6, 6.07) is 4.06. The second-order valence-electron chi connectivity index (χ2n) is 4.48. The highest BCUT2D eigenvalue weighted by Gasteiger charge is 2.37. The van der Waals surface area contributed by atoms with Gasteiger partial charge in [0.15, 0.2) is 0 Å². The van der Waals surface area contributed by atoms with Crippen molar-refractivity contribution < 1.29 is 23.1 Å². The van der Waals surface area contributed by atoms with Crippen molar-refractivity contribution in [2.75, 3.05) is 0 Å². The van der Waals surface area contributed by atoms with Crippen LogP contribution < -0.4 is 5.32 Å². The first-order chi connectivity index (χ1) is 10.7. The number of halogens is 3. The number of carbonyl (C=O) groups is 1. The predicted octanol–water partition coefficient (Wildman–Crippen LogP) is 3.91. The Morgan fingerprint density at radius 1 is 1.35 bits per heavy atom. The van der Waals surface area contributed by atoms with E-state index in [9.17, 15) is 28.3 Å². The SMILES string of the molecule is C=CC(=O)NC1=C(O)C=CS1(C#N)c1ccc(C(F)(F)F)cc1. The molecule has 1 amide bonds. The van der Waals surface area contributed by atoms with Crippen LogP contribution in [0.4, 0.5) is 13.2 Å². The second kappa shape index (κ2) is 5.85. The molecule has 0 radical (unpaired) electrons. The maximum Gasteiger partial charge on any atom is 0.416 e. The molecule has 0 saturated carbocycles. The summed E-state index contributed by atoms with van der Waals surface area (Å²) in [5.74, 6) is -0.939. The summed E-state index contributed by atoms with van der Waals surface area (Å²) in [6.07, 6.45) is -2.28. The zero-order chi connectivity index (χ0) is 17.3. The molecule has 0 saturated heterocycles. The number of hydrogen-bond acceptors (Lipinski definition) is 3. The Hall–Kier alpha value is -2.66. The summed E-state index contributed by atoms with van der Waals surface area (Å²) in [6.45, 7) is 3.28. The first-order valence-electron chi connectivity index (χ1n) is 6.21. The lowest BCUT2D eigenvalue weighted by Crippen LogP contribution is -2.23. The number of allylic oxidation sites excluding steroid dienone is 1. The van der Waals surface area contributed by atoms with Crippen molar-refractivity contribution >= 4 is 15.9 Å². The third-order valence-electron chi connectivity index (χ3n) is 3.10. The van der Waals surface area contributed by atoms with E-state index in [-0.39, 0.29) is 15.7 Å². The number of rotatable bonds is 3. The summed E-state index contributed by atoms with van der Waals surface area (Å²) in [4.78, 5) is 11.8. The lowest BCUT2D eigenvalue weighted by molar-refractivity contribution is -0.137. The fourth-order valence-electron chi connectivity index (χ4n) is 1.97. The van der Waals surface area contributed by atoms with Gasteiger partial charge in [-0.2, -0.15) is 18.4 Å². The lowest BCUT2D eigenvalue weighted by Gasteiger charge is -2.29. The van der Waals surface area contributed by atoms with Gasteiger partial charge in [-0.3, -0.25) is 4.79 Å². The first-order valence-corrected chi connectivity index (χ1v) is 7.90. The lowest BCUT2D eigenvalue weighted by atomic mass is 10.2. The molecule has 0 spiro atoms. The van der Waals surface area contributed by atoms with Crippen LogP contribution >= 0.6 is 10.0 Å². The molecule has 120 valence electrons. The Balaban J connectivity index is 2.49. The van der Waals surface area contributed by atoms with Crippen molar-refractivity contribution in [1.29, 1.82) is 5.26 Å². The average molecular weight is 340 g/mol. The number of carbonyl (C=O) groups excluding carboxylic acids is 1. The predicted molar refractivity (Wildman–Crippen MR) is 80.0 cm³/mol. The van der Waals surface area contributed by atoms with Crippen LogP contribution in [-0.2, 0) is 11.0 Å². The highest BCUT2D eigenvalue weighted by Crippen LogP contribution is 2.65. The van der Waals surface area contributed by atoms with Crippen molar-refractivity contribution in [3.8, 4) is 5.40 Å². The molecule has 1 atom stereocenters. The number of amides is 1. The van der Waals surface area contributed by atoms with Crippen LogP contribution in [0.2, 0.25) is 0 Å². The van der Waals surface area contributed by atoms with Gasteiger partial charge in [0.25, 0.3) is 0 Å². The van der Waals surface area contributed by atoms with Crippen LogP contribution in [0, 0.1) is 10.7 Å². The molecular weight excluding hydrogens is 329 g/mol. The second-order valence-corrected chi connectivity index (χ2v) is 7.14. The number of benzene rings is 1. The number of hydrogen-bond donors (Lipinski definition) is 2. The number of alkyl halides is 3. The Morgan fingerprint density at radius 2 is 1.96 bits per heavy atom. The van der Waals surface area contributed by atoms with E-state index in [1.165, 1.54) is 23.6 Å². The van der Waals surface area contributed by atoms with Crippen molar-refractivity contribution in [2.45, 2.75) is 11.1 Å². The van der Waals surface area contributed by atoms with Crippen molar-refractivity contribution in [3.63, 3.8) is 0 Å². The van der Waals surface area contributed by atoms with E-state index in [4.69, 9.17) is 0 Å². The molecule has 1 heterocycles. The standard InChI is InChI=1S/C15H11F3N2O2S/c1-2-13(22)20-14-12(21)7-8-23(14,9-19)11-5-3-10(4-6-11)15(16,17)18/h2-8,21H,1H2,(H,20,22). The summed E-state index contributed by atoms with van der Waals surface area (Å²) < 4.78 is 37.9. The van der Waals surface area contributed by atoms with E-state index in [0.717, 1.165) is 18.2 Å². The van der Waals surface area contributed by atoms with Crippen molar-refractivity contribution in [3.05, 3.63) is 64.8 Å². The summed E-state index contributed by atoms with van der Waals surface area (Å²) in [7, 11) is -2.63. The minimum Gasteiger partial charge on any atom is -0.505 e. The molecule has 1 aromatic carbocycles. The fraction of sp³-hybridized carbons (Fsp3) is 0.0667. The topological polar surface area (TPSA) is 73.1 Å². The van der Waals surface area contributed by atoms with Gasteiger partial charge in [0.05, 0.1) is 5.56 Å². The molecule has 23 heavy (non-hydrogen) atoms. The Kier molecular flexibility index (Phi) is 4.25. The Bertz CT molecular complexity index is 760. The molecule has 8 heteroatoms. The van der Waals surface area contributed by atoms with Gasteiger partial charge in [-0.05, 0) is 41.8 Å². The highest BCUT2D eigenvalue weighted by atomic mass is 32.3. The molecule has 0 aromatic heterocycles. The number of nitrogens with one attached hydrogen (secondary N) is 1. The minimum absolute atomic E-state index is 0.0374. The zero-order valence-corrected chi connectivity index (χ0v) is 12.4. The largest absolute Gasteiger partial charge is 0.505 e. The summed E-state index contributed by atoms with van der Waals surface area (Å²) in [5.41, 5.74) is -0.847. The van der Waals surface area contributed by atoms with Gasteiger partial charge in [0.2, 0.25) is 5.91 Å². The van der Waals surface area contributed by atoms with Crippen LogP contribution in [-0.4, -0.2) is 11.0 Å². The van der Waals surface area contributed by atoms with Gasteiger partial charge in [0, 0.05) is 4.90 Å². The van der Waals surface area contributed by atoms with E-state index in [1.54, 1.807) is 0 Å². The maximum absolute atomic E-state index is 12.6. The third-order valence-corrected chi connectivity index (χ3v) is 5.91. The normalized spacial score (nSPS) is 23.0. The number of nitriles is 1. The van der Waals surface area contributed by atoms with E-state index >= 15 is 0 Å². The Labute approximate surface area is 131 Å². The molecule has 1 unspecified atom stereocenters. The molecule has 1 aliphatic rings. The summed E-state index contributed by atoms with van der Waals surface area (Å²) >= 11 is 0. The fourth-order valence-corrected chi connectivity index (χ4v) is 4.31. The third kappa shape index (κ3) is 2.96. The van der Waals surface area contributed by atoms with Gasteiger partial charge in [-0.15, -0.1) is 0 Å². The minimum atomic E-state index is -4.49. The van der Waals surface area contributed by atoms with Gasteiger partial charge < -0.3 is 10.4 Å². The molecule has 2 N–H and O–H groups in total. The van der Waals surface area contributed by atoms with Gasteiger partial charge in [-0.1, -0.05) is 16.6 Å². The van der Waals surface area contributed by atoms with E-state index in [1.807, 2.05) is 5.40 Å². The van der Waals surface area contributed by atoms with Gasteiger partial charge in [-0.25, -0.2) is 0 Å². The monoisotopic (exact) mass is 340 g/mol. The molecule has 0 fully saturated rings. The molecule has 0 aliphatic carbocycles. The van der Waals surface area contributed by atoms with E-state index in [0.29, 0.717) is 0 Å². The smallest absolute Gasteiger partial charge is 0.416 e. The summed E-state index contributed by atoms with van der Waals surface area (Å²) in [5, 5.41) is 25.2. The number of nitrogens with zero attached hydrogens (tertiary/aromatic N) is 1. The van der Waals surface area contributed by atoms with Crippen LogP contribution in [0.15, 0.2) is 64.1 Å². The van der Waals surface area contributed by atoms with Crippen LogP contribution in [0.1, 0.15) is 5.56 Å². The first kappa shape index (κ1) is 16.7. The number of thiocyanates is 1. The van der Waals surface area contributed by atoms with Crippen LogP contribution in [0.25, 0.3) is 0 Å². The van der Waals surface area contributed by atoms with Crippen molar-refractivity contribution in [2.24, 2.45) is 0 Å². The quantitative estimate of drug-likeness (QED) is 0.647. The number of aliphatic hydroxyl groups is 1. The Morgan fingerprint density at radius 3 is 2.43 bits per heavy atom. The van der Waals surface area contributed by atoms with Gasteiger partial charge in [0.1, 0.15) is 16.2 Å². The number of aliphatic hydroxyl groups excluding tert-OH is 1. The molecular formula is C15H11F3N2O2S.